The minimum atomic E-state index is -3.38. The summed E-state index contributed by atoms with van der Waals surface area (Å²) in [6.45, 7) is 2.24. The van der Waals surface area contributed by atoms with Gasteiger partial charge in [-0.05, 0) is 18.6 Å². The molecule has 0 aliphatic rings. The number of rotatable bonds is 6. The first-order valence-electron chi connectivity index (χ1n) is 7.04. The SMILES string of the molecule is COc1ccccc1CN(C)S(=O)(=O)Cc1cccc(C)c1. The Bertz CT molecular complexity index is 741. The van der Waals surface area contributed by atoms with Crippen LogP contribution in [0.5, 0.6) is 5.75 Å². The van der Waals surface area contributed by atoms with Crippen LogP contribution in [-0.2, 0) is 22.3 Å². The number of aryl methyl sites for hydroxylation is 1. The number of hydrogen-bond donors (Lipinski definition) is 0. The lowest BCUT2D eigenvalue weighted by Crippen LogP contribution is -2.28. The average Bonchev–Trinajstić information content (AvgIpc) is 2.47. The molecule has 0 heterocycles. The van der Waals surface area contributed by atoms with Crippen LogP contribution in [0.15, 0.2) is 48.5 Å². The molecule has 2 aromatic rings. The maximum Gasteiger partial charge on any atom is 0.218 e. The average molecular weight is 319 g/mol. The number of benzene rings is 2. The summed E-state index contributed by atoms with van der Waals surface area (Å²) >= 11 is 0. The molecule has 0 amide bonds. The van der Waals surface area contributed by atoms with Crippen molar-refractivity contribution in [2.24, 2.45) is 0 Å². The lowest BCUT2D eigenvalue weighted by molar-refractivity contribution is 0.398. The normalized spacial score (nSPS) is 11.6. The molecule has 2 rings (SSSR count). The number of methoxy groups -OCH3 is 1. The molecular weight excluding hydrogens is 298 g/mol. The Morgan fingerprint density at radius 2 is 1.82 bits per heavy atom. The molecule has 0 aliphatic heterocycles. The Morgan fingerprint density at radius 1 is 1.09 bits per heavy atom. The standard InChI is InChI=1S/C17H21NO3S/c1-14-7-6-8-15(11-14)13-22(19,20)18(2)12-16-9-4-5-10-17(16)21-3/h4-11H,12-13H2,1-3H3. The molecule has 0 saturated heterocycles. The Balaban J connectivity index is 2.15. The van der Waals surface area contributed by atoms with Crippen LogP contribution in [0.2, 0.25) is 0 Å². The summed E-state index contributed by atoms with van der Waals surface area (Å²) in [5.41, 5.74) is 2.70. The van der Waals surface area contributed by atoms with Gasteiger partial charge in [0.25, 0.3) is 0 Å². The highest BCUT2D eigenvalue weighted by atomic mass is 32.2. The maximum absolute atomic E-state index is 12.5. The van der Waals surface area contributed by atoms with Crippen molar-refractivity contribution in [3.8, 4) is 5.75 Å². The van der Waals surface area contributed by atoms with Gasteiger partial charge in [-0.25, -0.2) is 12.7 Å². The van der Waals surface area contributed by atoms with Gasteiger partial charge in [0.1, 0.15) is 5.75 Å². The minimum absolute atomic E-state index is 0.000326. The van der Waals surface area contributed by atoms with E-state index in [1.807, 2.05) is 55.5 Å². The van der Waals surface area contributed by atoms with Crippen molar-refractivity contribution < 1.29 is 13.2 Å². The van der Waals surface area contributed by atoms with Gasteiger partial charge in [0.2, 0.25) is 10.0 Å². The number of ether oxygens (including phenoxy) is 1. The highest BCUT2D eigenvalue weighted by molar-refractivity contribution is 7.88. The molecule has 0 N–H and O–H groups in total. The van der Waals surface area contributed by atoms with E-state index in [-0.39, 0.29) is 12.3 Å². The molecule has 0 unspecified atom stereocenters. The fourth-order valence-corrected chi connectivity index (χ4v) is 3.45. The van der Waals surface area contributed by atoms with Crippen LogP contribution in [0.25, 0.3) is 0 Å². The molecule has 4 nitrogen and oxygen atoms in total. The van der Waals surface area contributed by atoms with Gasteiger partial charge in [0, 0.05) is 19.2 Å². The Morgan fingerprint density at radius 3 is 2.50 bits per heavy atom. The van der Waals surface area contributed by atoms with Gasteiger partial charge in [-0.15, -0.1) is 0 Å². The summed E-state index contributed by atoms with van der Waals surface area (Å²) in [6, 6.07) is 15.0. The lowest BCUT2D eigenvalue weighted by atomic mass is 10.2. The van der Waals surface area contributed by atoms with E-state index in [4.69, 9.17) is 4.74 Å². The zero-order valence-corrected chi connectivity index (χ0v) is 13.9. The largest absolute Gasteiger partial charge is 0.496 e. The molecule has 0 radical (unpaired) electrons. The maximum atomic E-state index is 12.5. The van der Waals surface area contributed by atoms with Crippen molar-refractivity contribution >= 4 is 10.0 Å². The second kappa shape index (κ2) is 6.94. The van der Waals surface area contributed by atoms with E-state index in [2.05, 4.69) is 0 Å². The molecule has 0 saturated carbocycles. The molecule has 0 aliphatic carbocycles. The molecule has 5 heteroatoms. The first-order chi connectivity index (χ1) is 10.4. The predicted molar refractivity (Wildman–Crippen MR) is 88.3 cm³/mol. The van der Waals surface area contributed by atoms with E-state index >= 15 is 0 Å². The van der Waals surface area contributed by atoms with Crippen molar-refractivity contribution in [3.05, 3.63) is 65.2 Å². The van der Waals surface area contributed by atoms with Crippen LogP contribution in [0.1, 0.15) is 16.7 Å². The summed E-state index contributed by atoms with van der Waals surface area (Å²) in [5, 5.41) is 0. The minimum Gasteiger partial charge on any atom is -0.496 e. The van der Waals surface area contributed by atoms with Gasteiger partial charge < -0.3 is 4.74 Å². The smallest absolute Gasteiger partial charge is 0.218 e. The molecule has 2 aromatic carbocycles. The van der Waals surface area contributed by atoms with Crippen molar-refractivity contribution in [3.63, 3.8) is 0 Å². The van der Waals surface area contributed by atoms with E-state index in [1.165, 1.54) is 4.31 Å². The third-order valence-electron chi connectivity index (χ3n) is 3.49. The molecule has 0 spiro atoms. The fourth-order valence-electron chi connectivity index (χ4n) is 2.29. The summed E-state index contributed by atoms with van der Waals surface area (Å²) in [6.07, 6.45) is 0. The second-order valence-electron chi connectivity index (χ2n) is 5.31. The molecule has 22 heavy (non-hydrogen) atoms. The molecular formula is C17H21NO3S. The summed E-state index contributed by atoms with van der Waals surface area (Å²) in [5.74, 6) is 0.695. The van der Waals surface area contributed by atoms with Crippen LogP contribution in [0.3, 0.4) is 0 Å². The third-order valence-corrected chi connectivity index (χ3v) is 5.27. The third kappa shape index (κ3) is 4.08. The predicted octanol–water partition coefficient (Wildman–Crippen LogP) is 2.97. The zero-order valence-electron chi connectivity index (χ0n) is 13.1. The van der Waals surface area contributed by atoms with E-state index in [0.29, 0.717) is 5.75 Å². The molecule has 0 bridgehead atoms. The monoisotopic (exact) mass is 319 g/mol. The van der Waals surface area contributed by atoms with Gasteiger partial charge in [-0.1, -0.05) is 48.0 Å². The molecule has 118 valence electrons. The quantitative estimate of drug-likeness (QED) is 0.822. The number of hydrogen-bond acceptors (Lipinski definition) is 3. The molecule has 0 atom stereocenters. The highest BCUT2D eigenvalue weighted by Gasteiger charge is 2.20. The summed E-state index contributed by atoms with van der Waals surface area (Å²) in [4.78, 5) is 0. The number of para-hydroxylation sites is 1. The zero-order chi connectivity index (χ0) is 16.2. The van der Waals surface area contributed by atoms with Crippen LogP contribution in [-0.4, -0.2) is 26.9 Å². The van der Waals surface area contributed by atoms with E-state index in [1.54, 1.807) is 14.2 Å². The summed E-state index contributed by atoms with van der Waals surface area (Å²) < 4.78 is 31.6. The fraction of sp³-hybridized carbons (Fsp3) is 0.294. The van der Waals surface area contributed by atoms with E-state index in [0.717, 1.165) is 16.7 Å². The second-order valence-corrected chi connectivity index (χ2v) is 7.39. The Kier molecular flexibility index (Phi) is 5.21. The van der Waals surface area contributed by atoms with Gasteiger partial charge >= 0.3 is 0 Å². The van der Waals surface area contributed by atoms with Gasteiger partial charge in [0.05, 0.1) is 12.9 Å². The lowest BCUT2D eigenvalue weighted by Gasteiger charge is -2.19. The van der Waals surface area contributed by atoms with E-state index in [9.17, 15) is 8.42 Å². The van der Waals surface area contributed by atoms with Crippen molar-refractivity contribution in [2.45, 2.75) is 19.2 Å². The number of sulfonamides is 1. The first-order valence-corrected chi connectivity index (χ1v) is 8.65. The van der Waals surface area contributed by atoms with Crippen LogP contribution >= 0.6 is 0 Å². The van der Waals surface area contributed by atoms with Crippen molar-refractivity contribution in [2.75, 3.05) is 14.2 Å². The van der Waals surface area contributed by atoms with Crippen LogP contribution < -0.4 is 4.74 Å². The summed E-state index contributed by atoms with van der Waals surface area (Å²) in [7, 11) is -0.197. The topological polar surface area (TPSA) is 46.6 Å². The van der Waals surface area contributed by atoms with Gasteiger partial charge in [-0.3, -0.25) is 0 Å². The Hall–Kier alpha value is -1.85. The number of nitrogens with zero attached hydrogens (tertiary/aromatic N) is 1. The van der Waals surface area contributed by atoms with E-state index < -0.39 is 10.0 Å². The van der Waals surface area contributed by atoms with Gasteiger partial charge in [-0.2, -0.15) is 0 Å². The first kappa shape index (κ1) is 16.5. The van der Waals surface area contributed by atoms with Crippen molar-refractivity contribution in [1.82, 2.24) is 4.31 Å². The highest BCUT2D eigenvalue weighted by Crippen LogP contribution is 2.21. The van der Waals surface area contributed by atoms with Crippen molar-refractivity contribution in [1.29, 1.82) is 0 Å². The van der Waals surface area contributed by atoms with Crippen LogP contribution in [0, 0.1) is 6.92 Å². The Labute approximate surface area is 132 Å². The molecule has 0 fully saturated rings. The molecule has 0 aromatic heterocycles. The van der Waals surface area contributed by atoms with Gasteiger partial charge in [0.15, 0.2) is 0 Å². The van der Waals surface area contributed by atoms with Crippen LogP contribution in [0.4, 0.5) is 0 Å².